The summed E-state index contributed by atoms with van der Waals surface area (Å²) in [6, 6.07) is 7.26. The highest BCUT2D eigenvalue weighted by atomic mass is 19.4. The number of para-hydroxylation sites is 1. The highest BCUT2D eigenvalue weighted by Gasteiger charge is 2.28. The van der Waals surface area contributed by atoms with Crippen LogP contribution in [0.2, 0.25) is 0 Å². The van der Waals surface area contributed by atoms with E-state index in [4.69, 9.17) is 4.74 Å². The number of nitrogens with one attached hydrogen (secondary N) is 1. The van der Waals surface area contributed by atoms with Crippen LogP contribution in [0.3, 0.4) is 0 Å². The van der Waals surface area contributed by atoms with Crippen molar-refractivity contribution in [2.45, 2.75) is 13.0 Å². The maximum Gasteiger partial charge on any atom is 0.522 e. The van der Waals surface area contributed by atoms with Crippen molar-refractivity contribution in [3.63, 3.8) is 0 Å². The molecule has 0 bridgehead atoms. The van der Waals surface area contributed by atoms with E-state index in [0.717, 1.165) is 11.3 Å². The Kier molecular flexibility index (Phi) is 5.24. The standard InChI is InChI=1S/C11H14F3NO2/c1-16-8-9-4-2-3-5-10(9)15-6-7-17-11(12,13)14/h2-5,15H,6-8H2,1H3. The molecule has 0 atom stereocenters. The van der Waals surface area contributed by atoms with E-state index in [1.165, 1.54) is 0 Å². The predicted molar refractivity (Wildman–Crippen MR) is 57.7 cm³/mol. The van der Waals surface area contributed by atoms with Gasteiger partial charge in [-0.2, -0.15) is 0 Å². The number of ether oxygens (including phenoxy) is 2. The molecule has 0 aliphatic heterocycles. The smallest absolute Gasteiger partial charge is 0.382 e. The van der Waals surface area contributed by atoms with Gasteiger partial charge in [-0.25, -0.2) is 0 Å². The zero-order chi connectivity index (χ0) is 12.7. The van der Waals surface area contributed by atoms with E-state index in [1.807, 2.05) is 12.1 Å². The molecule has 0 aliphatic rings. The normalized spacial score (nSPS) is 11.5. The van der Waals surface area contributed by atoms with Crippen LogP contribution in [-0.4, -0.2) is 26.6 Å². The first kappa shape index (κ1) is 13.8. The van der Waals surface area contributed by atoms with Crippen LogP contribution in [0.15, 0.2) is 24.3 Å². The molecule has 0 radical (unpaired) electrons. The van der Waals surface area contributed by atoms with Gasteiger partial charge in [0.2, 0.25) is 0 Å². The number of benzene rings is 1. The number of anilines is 1. The van der Waals surface area contributed by atoms with Crippen LogP contribution in [0.1, 0.15) is 5.56 Å². The maximum absolute atomic E-state index is 11.7. The van der Waals surface area contributed by atoms with Crippen LogP contribution in [0.4, 0.5) is 18.9 Å². The van der Waals surface area contributed by atoms with Crippen LogP contribution in [-0.2, 0) is 16.1 Å². The first-order chi connectivity index (χ1) is 8.03. The molecule has 1 aromatic rings. The molecule has 0 heterocycles. The summed E-state index contributed by atoms with van der Waals surface area (Å²) < 4.78 is 43.8. The second-order valence-electron chi connectivity index (χ2n) is 3.31. The van der Waals surface area contributed by atoms with Crippen LogP contribution in [0.25, 0.3) is 0 Å². The largest absolute Gasteiger partial charge is 0.522 e. The van der Waals surface area contributed by atoms with Gasteiger partial charge < -0.3 is 10.1 Å². The van der Waals surface area contributed by atoms with Gasteiger partial charge in [0.25, 0.3) is 0 Å². The summed E-state index contributed by atoms with van der Waals surface area (Å²) in [7, 11) is 1.56. The summed E-state index contributed by atoms with van der Waals surface area (Å²) in [6.07, 6.45) is -4.58. The molecule has 1 aromatic carbocycles. The van der Waals surface area contributed by atoms with Crippen molar-refractivity contribution in [1.29, 1.82) is 0 Å². The minimum Gasteiger partial charge on any atom is -0.382 e. The van der Waals surface area contributed by atoms with E-state index in [0.29, 0.717) is 6.61 Å². The van der Waals surface area contributed by atoms with Crippen molar-refractivity contribution >= 4 is 5.69 Å². The minimum atomic E-state index is -4.58. The molecule has 0 aliphatic carbocycles. The third kappa shape index (κ3) is 5.55. The van der Waals surface area contributed by atoms with Gasteiger partial charge in [-0.05, 0) is 6.07 Å². The average Bonchev–Trinajstić information content (AvgIpc) is 2.25. The van der Waals surface area contributed by atoms with E-state index in [-0.39, 0.29) is 6.54 Å². The minimum absolute atomic E-state index is 0.0836. The van der Waals surface area contributed by atoms with Crippen molar-refractivity contribution in [1.82, 2.24) is 0 Å². The van der Waals surface area contributed by atoms with E-state index < -0.39 is 13.0 Å². The number of halogens is 3. The Morgan fingerprint density at radius 2 is 1.94 bits per heavy atom. The van der Waals surface area contributed by atoms with Gasteiger partial charge in [0.15, 0.2) is 0 Å². The van der Waals surface area contributed by atoms with Crippen LogP contribution in [0.5, 0.6) is 0 Å². The topological polar surface area (TPSA) is 30.5 Å². The average molecular weight is 249 g/mol. The molecule has 6 heteroatoms. The Balaban J connectivity index is 2.41. The van der Waals surface area contributed by atoms with Gasteiger partial charge in [0.05, 0.1) is 13.2 Å². The molecule has 1 N–H and O–H groups in total. The summed E-state index contributed by atoms with van der Waals surface area (Å²) in [5.41, 5.74) is 1.64. The summed E-state index contributed by atoms with van der Waals surface area (Å²) in [5.74, 6) is 0. The molecule has 0 amide bonds. The van der Waals surface area contributed by atoms with Crippen LogP contribution >= 0.6 is 0 Å². The number of alkyl halides is 3. The molecular weight excluding hydrogens is 235 g/mol. The van der Waals surface area contributed by atoms with Gasteiger partial charge in [-0.1, -0.05) is 18.2 Å². The van der Waals surface area contributed by atoms with Crippen molar-refractivity contribution in [2.75, 3.05) is 25.6 Å². The molecule has 96 valence electrons. The molecule has 1 rings (SSSR count). The van der Waals surface area contributed by atoms with Crippen LogP contribution < -0.4 is 5.32 Å². The lowest BCUT2D eigenvalue weighted by molar-refractivity contribution is -0.322. The molecule has 17 heavy (non-hydrogen) atoms. The zero-order valence-electron chi connectivity index (χ0n) is 9.38. The first-order valence-electron chi connectivity index (χ1n) is 5.04. The van der Waals surface area contributed by atoms with Crippen molar-refractivity contribution < 1.29 is 22.6 Å². The molecule has 3 nitrogen and oxygen atoms in total. The van der Waals surface area contributed by atoms with Gasteiger partial charge in [0, 0.05) is 24.9 Å². The number of hydrogen-bond acceptors (Lipinski definition) is 3. The van der Waals surface area contributed by atoms with Gasteiger partial charge in [-0.3, -0.25) is 4.74 Å². The summed E-state index contributed by atoms with van der Waals surface area (Å²) in [4.78, 5) is 0. The molecule has 0 saturated carbocycles. The van der Waals surface area contributed by atoms with Gasteiger partial charge in [-0.15, -0.1) is 13.2 Å². The molecule has 0 spiro atoms. The highest BCUT2D eigenvalue weighted by molar-refractivity contribution is 5.50. The maximum atomic E-state index is 11.7. The fraction of sp³-hybridized carbons (Fsp3) is 0.455. The fourth-order valence-corrected chi connectivity index (χ4v) is 1.33. The number of hydrogen-bond donors (Lipinski definition) is 1. The Bertz CT molecular complexity index is 342. The second-order valence-corrected chi connectivity index (χ2v) is 3.31. The number of methoxy groups -OCH3 is 1. The summed E-state index contributed by atoms with van der Waals surface area (Å²) >= 11 is 0. The fourth-order valence-electron chi connectivity index (χ4n) is 1.33. The SMILES string of the molecule is COCc1ccccc1NCCOC(F)(F)F. The van der Waals surface area contributed by atoms with Crippen molar-refractivity contribution in [2.24, 2.45) is 0 Å². The molecular formula is C11H14F3NO2. The third-order valence-corrected chi connectivity index (χ3v) is 2.00. The van der Waals surface area contributed by atoms with Gasteiger partial charge in [0.1, 0.15) is 0 Å². The lowest BCUT2D eigenvalue weighted by atomic mass is 10.2. The van der Waals surface area contributed by atoms with E-state index in [2.05, 4.69) is 10.1 Å². The Hall–Kier alpha value is -1.27. The van der Waals surface area contributed by atoms with E-state index in [1.54, 1.807) is 19.2 Å². The Labute approximate surface area is 97.5 Å². The first-order valence-corrected chi connectivity index (χ1v) is 5.04. The van der Waals surface area contributed by atoms with Crippen molar-refractivity contribution in [3.05, 3.63) is 29.8 Å². The van der Waals surface area contributed by atoms with Crippen LogP contribution in [0, 0.1) is 0 Å². The predicted octanol–water partition coefficient (Wildman–Crippen LogP) is 2.78. The molecule has 0 fully saturated rings. The number of rotatable bonds is 6. The second kappa shape index (κ2) is 6.46. The van der Waals surface area contributed by atoms with E-state index in [9.17, 15) is 13.2 Å². The summed E-state index contributed by atoms with van der Waals surface area (Å²) in [6.45, 7) is 0.0638. The van der Waals surface area contributed by atoms with Crippen molar-refractivity contribution in [3.8, 4) is 0 Å². The lowest BCUT2D eigenvalue weighted by Gasteiger charge is -2.12. The third-order valence-electron chi connectivity index (χ3n) is 2.00. The molecule has 0 saturated heterocycles. The lowest BCUT2D eigenvalue weighted by Crippen LogP contribution is -2.19. The Morgan fingerprint density at radius 1 is 1.24 bits per heavy atom. The van der Waals surface area contributed by atoms with E-state index >= 15 is 0 Å². The summed E-state index contributed by atoms with van der Waals surface area (Å²) in [5, 5.41) is 2.87. The zero-order valence-corrected chi connectivity index (χ0v) is 9.38. The Morgan fingerprint density at radius 3 is 2.59 bits per heavy atom. The molecule has 0 unspecified atom stereocenters. The highest BCUT2D eigenvalue weighted by Crippen LogP contribution is 2.17. The monoisotopic (exact) mass is 249 g/mol. The van der Waals surface area contributed by atoms with Gasteiger partial charge >= 0.3 is 6.36 Å². The quantitative estimate of drug-likeness (QED) is 0.786. The molecule has 0 aromatic heterocycles.